The average molecular weight is 277 g/mol. The number of hydrogen-bond donors (Lipinski definition) is 2. The number of likely N-dealkylation sites (N-methyl/N-ethyl adjacent to an activating group) is 1. The number of rotatable bonds is 5. The largest absolute Gasteiger partial charge is 0.399 e. The normalized spacial score (nSPS) is 11.8. The minimum Gasteiger partial charge on any atom is -0.399 e. The molecule has 0 bridgehead atoms. The molecular formula is C15H23N3O2. The molecule has 0 aliphatic rings. The number of amides is 2. The van der Waals surface area contributed by atoms with Crippen LogP contribution in [-0.2, 0) is 4.79 Å². The molecule has 1 rings (SSSR count). The van der Waals surface area contributed by atoms with Crippen LogP contribution in [0.4, 0.5) is 5.69 Å². The summed E-state index contributed by atoms with van der Waals surface area (Å²) in [6.45, 7) is 8.66. The number of aryl methyl sites for hydroxylation is 1. The zero-order valence-corrected chi connectivity index (χ0v) is 12.6. The molecule has 0 aliphatic carbocycles. The van der Waals surface area contributed by atoms with E-state index in [0.29, 0.717) is 24.3 Å². The van der Waals surface area contributed by atoms with Gasteiger partial charge >= 0.3 is 0 Å². The van der Waals surface area contributed by atoms with E-state index in [1.54, 1.807) is 30.0 Å². The van der Waals surface area contributed by atoms with Gasteiger partial charge in [0.05, 0.1) is 0 Å². The van der Waals surface area contributed by atoms with Crippen molar-refractivity contribution in [2.75, 3.05) is 18.8 Å². The van der Waals surface area contributed by atoms with Crippen LogP contribution in [0.25, 0.3) is 0 Å². The van der Waals surface area contributed by atoms with E-state index in [1.165, 1.54) is 0 Å². The van der Waals surface area contributed by atoms with Gasteiger partial charge in [0.1, 0.15) is 6.04 Å². The number of benzene rings is 1. The highest BCUT2D eigenvalue weighted by molar-refractivity contribution is 5.98. The molecule has 5 heteroatoms. The van der Waals surface area contributed by atoms with Crippen molar-refractivity contribution in [3.05, 3.63) is 29.3 Å². The van der Waals surface area contributed by atoms with Gasteiger partial charge in [0, 0.05) is 24.3 Å². The highest BCUT2D eigenvalue weighted by Crippen LogP contribution is 2.11. The first-order valence-electron chi connectivity index (χ1n) is 6.85. The maximum absolute atomic E-state index is 12.1. The lowest BCUT2D eigenvalue weighted by atomic mass is 10.1. The summed E-state index contributed by atoms with van der Waals surface area (Å²) in [5, 5.41) is 2.71. The summed E-state index contributed by atoms with van der Waals surface area (Å²) in [5.74, 6) is -0.364. The van der Waals surface area contributed by atoms with Crippen LogP contribution in [0.3, 0.4) is 0 Å². The van der Waals surface area contributed by atoms with Crippen LogP contribution in [0.15, 0.2) is 18.2 Å². The van der Waals surface area contributed by atoms with Gasteiger partial charge in [-0.2, -0.15) is 0 Å². The number of anilines is 1. The first-order chi connectivity index (χ1) is 9.38. The summed E-state index contributed by atoms with van der Waals surface area (Å²) in [6.07, 6.45) is 0. The molecule has 3 N–H and O–H groups in total. The number of nitrogens with zero attached hydrogens (tertiary/aromatic N) is 1. The summed E-state index contributed by atoms with van der Waals surface area (Å²) < 4.78 is 0. The lowest BCUT2D eigenvalue weighted by Gasteiger charge is -2.23. The van der Waals surface area contributed by atoms with Crippen LogP contribution in [-0.4, -0.2) is 35.8 Å². The van der Waals surface area contributed by atoms with E-state index < -0.39 is 6.04 Å². The molecule has 0 saturated heterocycles. The molecule has 5 nitrogen and oxygen atoms in total. The van der Waals surface area contributed by atoms with Crippen molar-refractivity contribution < 1.29 is 9.59 Å². The Labute approximate surface area is 120 Å². The summed E-state index contributed by atoms with van der Waals surface area (Å²) in [4.78, 5) is 25.9. The predicted octanol–water partition coefficient (Wildman–Crippen LogP) is 1.56. The fourth-order valence-electron chi connectivity index (χ4n) is 2.09. The van der Waals surface area contributed by atoms with Crippen molar-refractivity contribution in [2.45, 2.75) is 33.7 Å². The summed E-state index contributed by atoms with van der Waals surface area (Å²) >= 11 is 0. The van der Waals surface area contributed by atoms with Gasteiger partial charge in [-0.15, -0.1) is 0 Å². The molecule has 20 heavy (non-hydrogen) atoms. The summed E-state index contributed by atoms with van der Waals surface area (Å²) in [5.41, 5.74) is 7.65. The minimum absolute atomic E-state index is 0.0797. The zero-order chi connectivity index (χ0) is 15.3. The molecule has 0 fully saturated rings. The van der Waals surface area contributed by atoms with Gasteiger partial charge in [-0.1, -0.05) is 0 Å². The maximum Gasteiger partial charge on any atom is 0.252 e. The molecule has 0 aromatic heterocycles. The summed E-state index contributed by atoms with van der Waals surface area (Å²) in [7, 11) is 0. The van der Waals surface area contributed by atoms with Crippen molar-refractivity contribution in [2.24, 2.45) is 0 Å². The van der Waals surface area contributed by atoms with Crippen molar-refractivity contribution >= 4 is 17.5 Å². The Hall–Kier alpha value is -2.04. The van der Waals surface area contributed by atoms with Gasteiger partial charge in [-0.3, -0.25) is 9.59 Å². The van der Waals surface area contributed by atoms with Gasteiger partial charge in [0.25, 0.3) is 5.91 Å². The van der Waals surface area contributed by atoms with Crippen molar-refractivity contribution in [1.82, 2.24) is 10.2 Å². The minimum atomic E-state index is -0.552. The number of hydrogen-bond acceptors (Lipinski definition) is 3. The second kappa shape index (κ2) is 6.93. The molecule has 1 aromatic rings. The Morgan fingerprint density at radius 3 is 2.35 bits per heavy atom. The van der Waals surface area contributed by atoms with E-state index in [0.717, 1.165) is 5.56 Å². The fourth-order valence-corrected chi connectivity index (χ4v) is 2.09. The van der Waals surface area contributed by atoms with E-state index >= 15 is 0 Å². The monoisotopic (exact) mass is 277 g/mol. The number of carbonyl (C=O) groups excluding carboxylic acids is 2. The van der Waals surface area contributed by atoms with Crippen LogP contribution in [0.2, 0.25) is 0 Å². The zero-order valence-electron chi connectivity index (χ0n) is 12.6. The highest BCUT2D eigenvalue weighted by atomic mass is 16.2. The Kier molecular flexibility index (Phi) is 5.55. The smallest absolute Gasteiger partial charge is 0.252 e. The van der Waals surface area contributed by atoms with Crippen molar-refractivity contribution in [3.8, 4) is 0 Å². The number of nitrogens with two attached hydrogens (primary N) is 1. The molecule has 1 atom stereocenters. The number of nitrogen functional groups attached to an aromatic ring is 1. The van der Waals surface area contributed by atoms with Gasteiger partial charge in [0.2, 0.25) is 5.91 Å². The first-order valence-corrected chi connectivity index (χ1v) is 6.85. The van der Waals surface area contributed by atoms with Crippen molar-refractivity contribution in [1.29, 1.82) is 0 Å². The molecule has 0 spiro atoms. The third kappa shape index (κ3) is 3.98. The third-order valence-electron chi connectivity index (χ3n) is 3.16. The molecule has 0 saturated carbocycles. The lowest BCUT2D eigenvalue weighted by molar-refractivity contribution is -0.132. The predicted molar refractivity (Wildman–Crippen MR) is 80.4 cm³/mol. The molecule has 0 heterocycles. The molecular weight excluding hydrogens is 254 g/mol. The Morgan fingerprint density at radius 2 is 1.85 bits per heavy atom. The molecule has 2 amide bonds. The van der Waals surface area contributed by atoms with E-state index in [9.17, 15) is 9.59 Å². The van der Waals surface area contributed by atoms with E-state index in [4.69, 9.17) is 5.73 Å². The van der Waals surface area contributed by atoms with Crippen LogP contribution in [0.1, 0.15) is 36.7 Å². The maximum atomic E-state index is 12.1. The van der Waals surface area contributed by atoms with Gasteiger partial charge in [-0.05, 0) is 51.5 Å². The molecule has 1 aromatic carbocycles. The summed E-state index contributed by atoms with van der Waals surface area (Å²) in [6, 6.07) is 4.60. The SMILES string of the molecule is CCN(CC)C(=O)C(C)NC(=O)c1cc(C)cc(N)c1. The van der Waals surface area contributed by atoms with E-state index in [1.807, 2.05) is 20.8 Å². The van der Waals surface area contributed by atoms with Crippen molar-refractivity contribution in [3.63, 3.8) is 0 Å². The van der Waals surface area contributed by atoms with Crippen LogP contribution < -0.4 is 11.1 Å². The van der Waals surface area contributed by atoms with Crippen LogP contribution >= 0.6 is 0 Å². The average Bonchev–Trinajstić information content (AvgIpc) is 2.38. The molecule has 1 unspecified atom stereocenters. The quantitative estimate of drug-likeness (QED) is 0.802. The standard InChI is InChI=1S/C15H23N3O2/c1-5-18(6-2)15(20)11(4)17-14(19)12-7-10(3)8-13(16)9-12/h7-9,11H,5-6,16H2,1-4H3,(H,17,19). The second-order valence-corrected chi connectivity index (χ2v) is 4.84. The fraction of sp³-hybridized carbons (Fsp3) is 0.467. The van der Waals surface area contributed by atoms with E-state index in [2.05, 4.69) is 5.32 Å². The Bertz CT molecular complexity index is 476. The van der Waals surface area contributed by atoms with Gasteiger partial charge in [-0.25, -0.2) is 0 Å². The topological polar surface area (TPSA) is 75.4 Å². The first kappa shape index (κ1) is 16.0. The van der Waals surface area contributed by atoms with Gasteiger partial charge < -0.3 is 16.0 Å². The van der Waals surface area contributed by atoms with Crippen LogP contribution in [0, 0.1) is 6.92 Å². The van der Waals surface area contributed by atoms with Crippen LogP contribution in [0.5, 0.6) is 0 Å². The Balaban J connectivity index is 2.77. The molecule has 0 radical (unpaired) electrons. The lowest BCUT2D eigenvalue weighted by Crippen LogP contribution is -2.46. The highest BCUT2D eigenvalue weighted by Gasteiger charge is 2.20. The molecule has 0 aliphatic heterocycles. The third-order valence-corrected chi connectivity index (χ3v) is 3.16. The molecule has 110 valence electrons. The number of nitrogens with one attached hydrogen (secondary N) is 1. The Morgan fingerprint density at radius 1 is 1.25 bits per heavy atom. The number of carbonyl (C=O) groups is 2. The van der Waals surface area contributed by atoms with Gasteiger partial charge in [0.15, 0.2) is 0 Å². The van der Waals surface area contributed by atoms with E-state index in [-0.39, 0.29) is 11.8 Å². The second-order valence-electron chi connectivity index (χ2n) is 4.84.